The molecule has 1 nitrogen and oxygen atoms in total. The molecule has 12 heavy (non-hydrogen) atoms. The Morgan fingerprint density at radius 3 is 2.67 bits per heavy atom. The zero-order chi connectivity index (χ0) is 9.23. The number of hydrogen-bond acceptors (Lipinski definition) is 1. The lowest BCUT2D eigenvalue weighted by atomic mass is 10.1. The van der Waals surface area contributed by atoms with Gasteiger partial charge in [-0.05, 0) is 24.8 Å². The van der Waals surface area contributed by atoms with Crippen molar-refractivity contribution < 1.29 is 4.74 Å². The van der Waals surface area contributed by atoms with Gasteiger partial charge in [0.15, 0.2) is 0 Å². The second-order valence-electron chi connectivity index (χ2n) is 2.96. The number of allylic oxidation sites excluding steroid dienone is 2. The molecule has 0 heterocycles. The van der Waals surface area contributed by atoms with E-state index in [1.54, 1.807) is 7.11 Å². The molecule has 1 heteroatoms. The fourth-order valence-electron chi connectivity index (χ4n) is 1.16. The molecular weight excluding hydrogens is 148 g/mol. The number of methoxy groups -OCH3 is 1. The first-order chi connectivity index (χ1) is 5.85. The smallest absolute Gasteiger partial charge is 0.0819 e. The highest BCUT2D eigenvalue weighted by Gasteiger charge is 1.94. The highest BCUT2D eigenvalue weighted by atomic mass is 16.5. The summed E-state index contributed by atoms with van der Waals surface area (Å²) in [6.45, 7) is 5.93. The van der Waals surface area contributed by atoms with E-state index in [0.29, 0.717) is 0 Å². The van der Waals surface area contributed by atoms with Gasteiger partial charge in [0.05, 0.1) is 13.4 Å². The summed E-state index contributed by atoms with van der Waals surface area (Å²) in [5.74, 6) is 0. The van der Waals surface area contributed by atoms with Gasteiger partial charge in [-0.15, -0.1) is 6.58 Å². The maximum absolute atomic E-state index is 4.98. The fourth-order valence-corrected chi connectivity index (χ4v) is 1.16. The Labute approximate surface area is 76.1 Å². The Bertz CT molecular complexity index is 136. The van der Waals surface area contributed by atoms with Crippen LogP contribution in [0.3, 0.4) is 0 Å². The molecule has 0 fully saturated rings. The second kappa shape index (κ2) is 8.38. The summed E-state index contributed by atoms with van der Waals surface area (Å²) in [6.07, 6.45) is 9.71. The third kappa shape index (κ3) is 6.02. The minimum atomic E-state index is 0.956. The molecule has 0 saturated carbocycles. The highest BCUT2D eigenvalue weighted by molar-refractivity contribution is 5.02. The molecule has 0 aliphatic rings. The van der Waals surface area contributed by atoms with Crippen LogP contribution in [-0.2, 0) is 4.74 Å². The van der Waals surface area contributed by atoms with E-state index in [4.69, 9.17) is 4.74 Å². The van der Waals surface area contributed by atoms with Crippen molar-refractivity contribution >= 4 is 0 Å². The van der Waals surface area contributed by atoms with Gasteiger partial charge in [-0.25, -0.2) is 0 Å². The van der Waals surface area contributed by atoms with Crippen molar-refractivity contribution in [2.75, 3.05) is 7.11 Å². The molecule has 0 aromatic heterocycles. The summed E-state index contributed by atoms with van der Waals surface area (Å²) in [5, 5.41) is 0. The molecule has 0 N–H and O–H groups in total. The van der Waals surface area contributed by atoms with E-state index >= 15 is 0 Å². The minimum absolute atomic E-state index is 0.956. The van der Waals surface area contributed by atoms with Crippen LogP contribution in [0.25, 0.3) is 0 Å². The average Bonchev–Trinajstić information content (AvgIpc) is 2.06. The van der Waals surface area contributed by atoms with Crippen molar-refractivity contribution in [1.82, 2.24) is 0 Å². The van der Waals surface area contributed by atoms with E-state index in [-0.39, 0.29) is 0 Å². The van der Waals surface area contributed by atoms with Gasteiger partial charge in [0.1, 0.15) is 0 Å². The largest absolute Gasteiger partial charge is 0.504 e. The summed E-state index contributed by atoms with van der Waals surface area (Å²) < 4.78 is 4.98. The summed E-state index contributed by atoms with van der Waals surface area (Å²) in [7, 11) is 1.70. The molecule has 0 saturated heterocycles. The first-order valence-corrected chi connectivity index (χ1v) is 4.66. The molecule has 0 aromatic carbocycles. The minimum Gasteiger partial charge on any atom is -0.504 e. The van der Waals surface area contributed by atoms with Gasteiger partial charge in [0, 0.05) is 0 Å². The van der Waals surface area contributed by atoms with Crippen LogP contribution in [0.1, 0.15) is 39.0 Å². The fraction of sp³-hybridized carbons (Fsp3) is 0.636. The molecule has 70 valence electrons. The van der Waals surface area contributed by atoms with E-state index in [9.17, 15) is 0 Å². The van der Waals surface area contributed by atoms with Crippen LogP contribution < -0.4 is 0 Å². The molecule has 0 unspecified atom stereocenters. The summed E-state index contributed by atoms with van der Waals surface area (Å²) >= 11 is 0. The third-order valence-corrected chi connectivity index (χ3v) is 1.79. The molecule has 0 bridgehead atoms. The van der Waals surface area contributed by atoms with Crippen molar-refractivity contribution in [2.24, 2.45) is 0 Å². The first kappa shape index (κ1) is 11.3. The van der Waals surface area contributed by atoms with Crippen molar-refractivity contribution in [3.05, 3.63) is 24.5 Å². The lowest BCUT2D eigenvalue weighted by molar-refractivity contribution is 0.331. The van der Waals surface area contributed by atoms with E-state index < -0.39 is 0 Å². The van der Waals surface area contributed by atoms with Crippen LogP contribution in [0, 0.1) is 0 Å². The van der Waals surface area contributed by atoms with Crippen LogP contribution in [-0.4, -0.2) is 7.11 Å². The van der Waals surface area contributed by atoms with Crippen molar-refractivity contribution in [1.29, 1.82) is 0 Å². The Balaban J connectivity index is 3.63. The van der Waals surface area contributed by atoms with Crippen LogP contribution in [0.15, 0.2) is 24.5 Å². The summed E-state index contributed by atoms with van der Waals surface area (Å²) in [4.78, 5) is 0. The topological polar surface area (TPSA) is 9.23 Å². The monoisotopic (exact) mass is 168 g/mol. The van der Waals surface area contributed by atoms with E-state index in [1.165, 1.54) is 24.8 Å². The number of hydrogen-bond donors (Lipinski definition) is 0. The molecule has 0 aromatic rings. The van der Waals surface area contributed by atoms with Gasteiger partial charge in [-0.2, -0.15) is 0 Å². The predicted octanol–water partition coefficient (Wildman–Crippen LogP) is 3.67. The standard InChI is InChI=1S/C11H20O/c1-4-6-7-9-11(8-5-2)10-12-3/h5,10H,2,4,6-9H2,1,3H3/b11-10+. The number of rotatable bonds is 7. The average molecular weight is 168 g/mol. The predicted molar refractivity (Wildman–Crippen MR) is 54.0 cm³/mol. The van der Waals surface area contributed by atoms with Gasteiger partial charge < -0.3 is 4.74 Å². The zero-order valence-electron chi connectivity index (χ0n) is 8.31. The SMILES string of the molecule is C=CC/C(=C\OC)CCCCC. The molecule has 0 atom stereocenters. The maximum atomic E-state index is 4.98. The van der Waals surface area contributed by atoms with E-state index in [0.717, 1.165) is 12.8 Å². The number of ether oxygens (including phenoxy) is 1. The van der Waals surface area contributed by atoms with Crippen LogP contribution >= 0.6 is 0 Å². The summed E-state index contributed by atoms with van der Waals surface area (Å²) in [5.41, 5.74) is 1.35. The quantitative estimate of drug-likeness (QED) is 0.320. The van der Waals surface area contributed by atoms with E-state index in [1.807, 2.05) is 12.3 Å². The maximum Gasteiger partial charge on any atom is 0.0819 e. The second-order valence-corrected chi connectivity index (χ2v) is 2.96. The van der Waals surface area contributed by atoms with Gasteiger partial charge >= 0.3 is 0 Å². The molecule has 0 aliphatic heterocycles. The molecule has 0 spiro atoms. The van der Waals surface area contributed by atoms with Gasteiger partial charge in [0.25, 0.3) is 0 Å². The number of unbranched alkanes of at least 4 members (excludes halogenated alkanes) is 2. The van der Waals surface area contributed by atoms with Gasteiger partial charge in [-0.3, -0.25) is 0 Å². The molecule has 0 rings (SSSR count). The molecule has 0 aliphatic carbocycles. The van der Waals surface area contributed by atoms with Crippen molar-refractivity contribution in [2.45, 2.75) is 39.0 Å². The molecular formula is C11H20O. The lowest BCUT2D eigenvalue weighted by Gasteiger charge is -2.03. The molecule has 0 amide bonds. The third-order valence-electron chi connectivity index (χ3n) is 1.79. The summed E-state index contributed by atoms with van der Waals surface area (Å²) in [6, 6.07) is 0. The Morgan fingerprint density at radius 1 is 1.42 bits per heavy atom. The Hall–Kier alpha value is -0.720. The lowest BCUT2D eigenvalue weighted by Crippen LogP contribution is -1.84. The van der Waals surface area contributed by atoms with Crippen LogP contribution in [0.2, 0.25) is 0 Å². The van der Waals surface area contributed by atoms with Crippen LogP contribution in [0.5, 0.6) is 0 Å². The highest BCUT2D eigenvalue weighted by Crippen LogP contribution is 2.12. The Morgan fingerprint density at radius 2 is 2.17 bits per heavy atom. The molecule has 0 radical (unpaired) electrons. The zero-order valence-corrected chi connectivity index (χ0v) is 8.31. The first-order valence-electron chi connectivity index (χ1n) is 4.66. The van der Waals surface area contributed by atoms with E-state index in [2.05, 4.69) is 13.5 Å². The van der Waals surface area contributed by atoms with Gasteiger partial charge in [-0.1, -0.05) is 25.8 Å². The normalized spacial score (nSPS) is 11.3. The van der Waals surface area contributed by atoms with Crippen molar-refractivity contribution in [3.8, 4) is 0 Å². The van der Waals surface area contributed by atoms with Crippen molar-refractivity contribution in [3.63, 3.8) is 0 Å². The van der Waals surface area contributed by atoms with Crippen LogP contribution in [0.4, 0.5) is 0 Å². The Kier molecular flexibility index (Phi) is 7.87. The van der Waals surface area contributed by atoms with Gasteiger partial charge in [0.2, 0.25) is 0 Å².